The lowest BCUT2D eigenvalue weighted by atomic mass is 9.59. The van der Waals surface area contributed by atoms with E-state index >= 15 is 0 Å². The largest absolute Gasteiger partial charge is 0.310 e. The van der Waals surface area contributed by atoms with E-state index in [9.17, 15) is 0 Å². The molecule has 318 valence electrons. The van der Waals surface area contributed by atoms with Crippen LogP contribution in [0.15, 0.2) is 211 Å². The predicted octanol–water partition coefficient (Wildman–Crippen LogP) is 17.5. The van der Waals surface area contributed by atoms with Gasteiger partial charge in [-0.25, -0.2) is 0 Å². The fraction of sp³-hybridized carbons (Fsp3) is 0.138. The smallest absolute Gasteiger partial charge is 0.0465 e. The molecule has 8 aromatic rings. The molecule has 0 aliphatic heterocycles. The normalized spacial score (nSPS) is 17.1. The van der Waals surface area contributed by atoms with E-state index in [1.165, 1.54) is 90.0 Å². The van der Waals surface area contributed by atoms with Crippen LogP contribution in [0.5, 0.6) is 0 Å². The van der Waals surface area contributed by atoms with Gasteiger partial charge in [0.25, 0.3) is 0 Å². The van der Waals surface area contributed by atoms with Crippen molar-refractivity contribution >= 4 is 41.4 Å². The molecule has 0 radical (unpaired) electrons. The Morgan fingerprint density at radius 1 is 0.455 bits per heavy atom. The third-order valence-electron chi connectivity index (χ3n) is 15.2. The summed E-state index contributed by atoms with van der Waals surface area (Å²) in [6, 6.07) is 70.0. The second-order valence-electron chi connectivity index (χ2n) is 18.5. The van der Waals surface area contributed by atoms with E-state index in [-0.39, 0.29) is 5.41 Å². The maximum absolute atomic E-state index is 2.48. The van der Waals surface area contributed by atoms with E-state index in [0.717, 1.165) is 30.6 Å². The Bertz CT molecular complexity index is 3210. The molecule has 2 atom stereocenters. The summed E-state index contributed by atoms with van der Waals surface area (Å²) in [5, 5.41) is 0. The van der Waals surface area contributed by atoms with E-state index in [2.05, 4.69) is 243 Å². The number of hydrogen-bond acceptors (Lipinski definition) is 1. The first-order valence-electron chi connectivity index (χ1n) is 24.0. The van der Waals surface area contributed by atoms with Gasteiger partial charge in [-0.1, -0.05) is 201 Å². The van der Waals surface area contributed by atoms with E-state index < -0.39 is 0 Å². The average Bonchev–Trinajstić information content (AvgIpc) is 3.66. The zero-order valence-electron chi connectivity index (χ0n) is 37.8. The van der Waals surface area contributed by atoms with Gasteiger partial charge in [0, 0.05) is 34.3 Å². The van der Waals surface area contributed by atoms with Gasteiger partial charge in [-0.3, -0.25) is 0 Å². The molecule has 2 bridgehead atoms. The molecule has 1 heteroatoms. The molecule has 0 aromatic heterocycles. The van der Waals surface area contributed by atoms with Gasteiger partial charge < -0.3 is 4.90 Å². The molecule has 5 aliphatic rings. The molecule has 0 N–H and O–H groups in total. The summed E-state index contributed by atoms with van der Waals surface area (Å²) < 4.78 is 0. The third-order valence-corrected chi connectivity index (χ3v) is 15.2. The molecule has 0 heterocycles. The maximum atomic E-state index is 2.48. The predicted molar refractivity (Wildman–Crippen MR) is 280 cm³/mol. The van der Waals surface area contributed by atoms with Crippen molar-refractivity contribution in [3.63, 3.8) is 0 Å². The number of hydrogen-bond donors (Lipinski definition) is 0. The highest BCUT2D eigenvalue weighted by atomic mass is 15.1. The molecule has 0 amide bonds. The van der Waals surface area contributed by atoms with Crippen LogP contribution in [-0.2, 0) is 5.41 Å². The van der Waals surface area contributed by atoms with Crippen LogP contribution in [0.1, 0.15) is 107 Å². The van der Waals surface area contributed by atoms with Crippen LogP contribution in [0, 0.1) is 0 Å². The highest BCUT2D eigenvalue weighted by molar-refractivity contribution is 5.87. The second-order valence-corrected chi connectivity index (χ2v) is 18.5. The van der Waals surface area contributed by atoms with E-state index in [1.807, 2.05) is 0 Å². The van der Waals surface area contributed by atoms with Gasteiger partial charge in [-0.05, 0) is 152 Å². The Morgan fingerprint density at radius 2 is 0.970 bits per heavy atom. The SMILES string of the molecule is CCC1(CC)c2cc(/C=C/c3ccc(/C=C/c4ccc(-c5ccc6c(c5)C5C7=C(CCC=C7)C6c6ccccc65)cc4)cc3)ccc2-c2ccc(N(c3ccccc3)c3ccccc3)cc21. The molecule has 2 unspecified atom stereocenters. The van der Waals surface area contributed by atoms with Crippen molar-refractivity contribution in [2.24, 2.45) is 0 Å². The van der Waals surface area contributed by atoms with E-state index in [1.54, 1.807) is 11.1 Å². The summed E-state index contributed by atoms with van der Waals surface area (Å²) >= 11 is 0. The quantitative estimate of drug-likeness (QED) is 0.124. The van der Waals surface area contributed by atoms with Gasteiger partial charge in [0.05, 0.1) is 0 Å². The van der Waals surface area contributed by atoms with Gasteiger partial charge in [0.1, 0.15) is 0 Å². The molecule has 0 saturated carbocycles. The molecule has 0 spiro atoms. The lowest BCUT2D eigenvalue weighted by Crippen LogP contribution is -2.28. The first kappa shape index (κ1) is 40.1. The lowest BCUT2D eigenvalue weighted by molar-refractivity contribution is 0.490. The van der Waals surface area contributed by atoms with Crippen LogP contribution in [0.25, 0.3) is 46.6 Å². The number of anilines is 3. The third kappa shape index (κ3) is 6.68. The standard InChI is InChI=1S/C65H53N/c1-3-65(4-2)61-41-47(33-38-53(61)54-40-37-52(43-62(54)65)66(50-15-7-5-8-16-50)51-17-9-6-10-18-51)30-29-45-25-23-44(24-26-45)27-28-46-31-34-48(35-32-46)49-36-39-59-60(42-49)64-57-21-13-11-19-55(57)63(59)56-20-12-14-22-58(56)64/h5-11,13-19,21-43,63-64H,3-4,12,20H2,1-2H3/b28-27+,30-29+. The topological polar surface area (TPSA) is 3.24 Å². The zero-order chi connectivity index (χ0) is 44.2. The Hall–Kier alpha value is -7.48. The van der Waals surface area contributed by atoms with Crippen LogP contribution in [0.3, 0.4) is 0 Å². The summed E-state index contributed by atoms with van der Waals surface area (Å²) in [5.74, 6) is 0.733. The minimum atomic E-state index is -0.0541. The van der Waals surface area contributed by atoms with Crippen molar-refractivity contribution in [2.45, 2.75) is 56.8 Å². The molecule has 5 aliphatic carbocycles. The van der Waals surface area contributed by atoms with Crippen LogP contribution in [0.4, 0.5) is 17.1 Å². The van der Waals surface area contributed by atoms with Gasteiger partial charge in [-0.15, -0.1) is 0 Å². The molecular formula is C65H53N. The molecule has 0 fully saturated rings. The number of nitrogens with zero attached hydrogens (tertiary/aromatic N) is 1. The fourth-order valence-electron chi connectivity index (χ4n) is 11.9. The van der Waals surface area contributed by atoms with Gasteiger partial charge >= 0.3 is 0 Å². The van der Waals surface area contributed by atoms with Crippen LogP contribution >= 0.6 is 0 Å². The molecule has 8 aromatic carbocycles. The van der Waals surface area contributed by atoms with Crippen molar-refractivity contribution in [3.05, 3.63) is 267 Å². The molecule has 0 saturated heterocycles. The number of fused-ring (bicyclic) bond motifs is 3. The Kier molecular flexibility index (Phi) is 10.0. The Labute approximate surface area is 390 Å². The van der Waals surface area contributed by atoms with Crippen LogP contribution < -0.4 is 4.90 Å². The summed E-state index contributed by atoms with van der Waals surface area (Å²) in [7, 11) is 0. The van der Waals surface area contributed by atoms with Crippen LogP contribution in [-0.4, -0.2) is 0 Å². The Morgan fingerprint density at radius 3 is 1.61 bits per heavy atom. The van der Waals surface area contributed by atoms with Crippen molar-refractivity contribution in [2.75, 3.05) is 4.90 Å². The fourth-order valence-corrected chi connectivity index (χ4v) is 11.9. The van der Waals surface area contributed by atoms with Gasteiger partial charge in [0.15, 0.2) is 0 Å². The summed E-state index contributed by atoms with van der Waals surface area (Å²) in [4.78, 5) is 2.38. The minimum Gasteiger partial charge on any atom is -0.310 e. The van der Waals surface area contributed by atoms with Crippen molar-refractivity contribution in [1.29, 1.82) is 0 Å². The van der Waals surface area contributed by atoms with Gasteiger partial charge in [-0.2, -0.15) is 0 Å². The Balaban J connectivity index is 0.748. The lowest BCUT2D eigenvalue weighted by Gasteiger charge is -2.44. The van der Waals surface area contributed by atoms with Gasteiger partial charge in [0.2, 0.25) is 0 Å². The maximum Gasteiger partial charge on any atom is 0.0465 e. The van der Waals surface area contributed by atoms with E-state index in [4.69, 9.17) is 0 Å². The number of allylic oxidation sites excluding steroid dienone is 4. The summed E-state index contributed by atoms with van der Waals surface area (Å²) in [5.41, 5.74) is 25.6. The highest BCUT2D eigenvalue weighted by Crippen LogP contribution is 2.58. The minimum absolute atomic E-state index is 0.0541. The number of para-hydroxylation sites is 2. The second kappa shape index (κ2) is 16.5. The molecule has 1 nitrogen and oxygen atoms in total. The van der Waals surface area contributed by atoms with Crippen molar-refractivity contribution in [3.8, 4) is 22.3 Å². The highest BCUT2D eigenvalue weighted by Gasteiger charge is 2.43. The number of rotatable bonds is 10. The van der Waals surface area contributed by atoms with Crippen molar-refractivity contribution in [1.82, 2.24) is 0 Å². The first-order chi connectivity index (χ1) is 32.6. The molecule has 66 heavy (non-hydrogen) atoms. The first-order valence-corrected chi connectivity index (χ1v) is 24.0. The number of benzene rings is 8. The molecule has 13 rings (SSSR count). The van der Waals surface area contributed by atoms with Crippen molar-refractivity contribution < 1.29 is 0 Å². The zero-order valence-corrected chi connectivity index (χ0v) is 37.8. The van der Waals surface area contributed by atoms with Crippen LogP contribution in [0.2, 0.25) is 0 Å². The summed E-state index contributed by atoms with van der Waals surface area (Å²) in [6.07, 6.45) is 18.2. The van der Waals surface area contributed by atoms with E-state index in [0.29, 0.717) is 11.8 Å². The monoisotopic (exact) mass is 847 g/mol. The summed E-state index contributed by atoms with van der Waals surface area (Å²) in [6.45, 7) is 4.71. The average molecular weight is 848 g/mol. The molecular weight excluding hydrogens is 795 g/mol.